The molecule has 3 N–H and O–H groups in total. The van der Waals surface area contributed by atoms with Crippen LogP contribution < -0.4 is 15.2 Å². The summed E-state index contributed by atoms with van der Waals surface area (Å²) in [7, 11) is 1.41. The van der Waals surface area contributed by atoms with Crippen molar-refractivity contribution in [3.05, 3.63) is 23.5 Å². The van der Waals surface area contributed by atoms with Crippen molar-refractivity contribution in [2.45, 2.75) is 25.9 Å². The Morgan fingerprint density at radius 3 is 2.47 bits per heavy atom. The van der Waals surface area contributed by atoms with Gasteiger partial charge in [0.15, 0.2) is 11.5 Å². The summed E-state index contributed by atoms with van der Waals surface area (Å²) >= 11 is 0. The molecular formula is C13H18FNO4. The molecule has 1 rings (SSSR count). The molecule has 1 unspecified atom stereocenters. The zero-order chi connectivity index (χ0) is 14.6. The van der Waals surface area contributed by atoms with Crippen LogP contribution in [0.5, 0.6) is 11.5 Å². The number of nitrogens with two attached hydrogens (primary N) is 1. The third kappa shape index (κ3) is 3.57. The van der Waals surface area contributed by atoms with Crippen LogP contribution in [0.25, 0.3) is 0 Å². The average Bonchev–Trinajstić information content (AvgIpc) is 2.31. The summed E-state index contributed by atoms with van der Waals surface area (Å²) in [5.41, 5.74) is 5.35. The van der Waals surface area contributed by atoms with Crippen molar-refractivity contribution in [1.82, 2.24) is 0 Å². The molecule has 0 aromatic heterocycles. The van der Waals surface area contributed by atoms with E-state index in [0.29, 0.717) is 0 Å². The Kier molecular flexibility index (Phi) is 5.11. The van der Waals surface area contributed by atoms with Gasteiger partial charge < -0.3 is 20.3 Å². The van der Waals surface area contributed by atoms with Gasteiger partial charge in [-0.15, -0.1) is 0 Å². The summed E-state index contributed by atoms with van der Waals surface area (Å²) in [6, 6.07) is 2.44. The van der Waals surface area contributed by atoms with Crippen LogP contribution in [0.15, 0.2) is 12.1 Å². The van der Waals surface area contributed by atoms with Crippen molar-refractivity contribution >= 4 is 5.97 Å². The van der Waals surface area contributed by atoms with Crippen molar-refractivity contribution in [3.63, 3.8) is 0 Å². The maximum absolute atomic E-state index is 14.0. The minimum absolute atomic E-state index is 0.0112. The number of rotatable bonds is 6. The highest BCUT2D eigenvalue weighted by Crippen LogP contribution is 2.33. The van der Waals surface area contributed by atoms with Crippen LogP contribution in [0, 0.1) is 5.82 Å². The molecule has 5 nitrogen and oxygen atoms in total. The largest absolute Gasteiger partial charge is 0.493 e. The van der Waals surface area contributed by atoms with E-state index in [9.17, 15) is 9.18 Å². The molecule has 0 spiro atoms. The predicted molar refractivity (Wildman–Crippen MR) is 68.1 cm³/mol. The second kappa shape index (κ2) is 6.38. The fraction of sp³-hybridized carbons (Fsp3) is 0.462. The van der Waals surface area contributed by atoms with E-state index in [1.165, 1.54) is 13.2 Å². The molecule has 0 radical (unpaired) electrons. The summed E-state index contributed by atoms with van der Waals surface area (Å²) < 4.78 is 24.5. The lowest BCUT2D eigenvalue weighted by atomic mass is 9.98. The molecule has 0 aliphatic carbocycles. The predicted octanol–water partition coefficient (Wildman–Crippen LogP) is 1.75. The molecule has 106 valence electrons. The van der Waals surface area contributed by atoms with E-state index in [-0.39, 0.29) is 29.7 Å². The lowest BCUT2D eigenvalue weighted by Gasteiger charge is -2.17. The molecule has 0 heterocycles. The van der Waals surface area contributed by atoms with E-state index < -0.39 is 17.7 Å². The van der Waals surface area contributed by atoms with Gasteiger partial charge >= 0.3 is 5.97 Å². The quantitative estimate of drug-likeness (QED) is 0.823. The third-order valence-corrected chi connectivity index (χ3v) is 2.55. The zero-order valence-electron chi connectivity index (χ0n) is 11.1. The molecule has 1 atom stereocenters. The van der Waals surface area contributed by atoms with E-state index in [0.717, 1.165) is 6.07 Å². The Labute approximate surface area is 111 Å². The molecule has 1 aromatic carbocycles. The molecule has 0 amide bonds. The van der Waals surface area contributed by atoms with E-state index in [1.54, 1.807) is 13.8 Å². The van der Waals surface area contributed by atoms with Gasteiger partial charge in [0.05, 0.1) is 19.1 Å². The van der Waals surface area contributed by atoms with Crippen molar-refractivity contribution in [2.75, 3.05) is 13.7 Å². The van der Waals surface area contributed by atoms with Crippen molar-refractivity contribution in [2.24, 2.45) is 5.73 Å². The van der Waals surface area contributed by atoms with Crippen LogP contribution in [0.3, 0.4) is 0 Å². The number of methoxy groups -OCH3 is 1. The number of ether oxygens (including phenoxy) is 2. The second-order valence-corrected chi connectivity index (χ2v) is 4.32. The fourth-order valence-corrected chi connectivity index (χ4v) is 1.68. The Balaban J connectivity index is 3.25. The van der Waals surface area contributed by atoms with Gasteiger partial charge in [0.25, 0.3) is 0 Å². The summed E-state index contributed by atoms with van der Waals surface area (Å²) in [6.45, 7) is 3.40. The number of halogens is 1. The molecule has 0 aliphatic rings. The lowest BCUT2D eigenvalue weighted by molar-refractivity contribution is -0.138. The van der Waals surface area contributed by atoms with Gasteiger partial charge in [0.1, 0.15) is 5.82 Å². The molecule has 1 aromatic rings. The van der Waals surface area contributed by atoms with Crippen LogP contribution in [-0.4, -0.2) is 30.8 Å². The van der Waals surface area contributed by atoms with Crippen molar-refractivity contribution < 1.29 is 23.8 Å². The number of aliphatic carboxylic acids is 1. The molecule has 19 heavy (non-hydrogen) atoms. The van der Waals surface area contributed by atoms with E-state index in [2.05, 4.69) is 0 Å². The van der Waals surface area contributed by atoms with E-state index in [4.69, 9.17) is 20.3 Å². The van der Waals surface area contributed by atoms with Crippen LogP contribution in [0.2, 0.25) is 0 Å². The van der Waals surface area contributed by atoms with Gasteiger partial charge in [-0.05, 0) is 19.9 Å². The molecule has 0 saturated carbocycles. The highest BCUT2D eigenvalue weighted by molar-refractivity contribution is 5.77. The summed E-state index contributed by atoms with van der Waals surface area (Å²) in [5, 5.41) is 9.01. The topological polar surface area (TPSA) is 81.8 Å². The van der Waals surface area contributed by atoms with Gasteiger partial charge in [-0.3, -0.25) is 4.79 Å². The van der Waals surface area contributed by atoms with Crippen LogP contribution in [0.1, 0.15) is 25.3 Å². The Hall–Kier alpha value is -1.82. The Morgan fingerprint density at radius 1 is 1.42 bits per heavy atom. The smallest absolute Gasteiger partial charge is 0.312 e. The average molecular weight is 271 g/mol. The lowest BCUT2D eigenvalue weighted by Crippen LogP contribution is -2.22. The van der Waals surface area contributed by atoms with Gasteiger partial charge in [0.2, 0.25) is 0 Å². The van der Waals surface area contributed by atoms with Crippen LogP contribution >= 0.6 is 0 Å². The van der Waals surface area contributed by atoms with E-state index >= 15 is 0 Å². The standard InChI is InChI=1S/C13H18FNO4/c1-7(2)19-12-5-10(14)8(4-11(12)18-3)9(6-15)13(16)17/h4-5,7,9H,6,15H2,1-3H3,(H,16,17). The first-order valence-electron chi connectivity index (χ1n) is 5.87. The summed E-state index contributed by atoms with van der Waals surface area (Å²) in [6.07, 6.45) is -0.149. The first-order chi connectivity index (χ1) is 8.90. The first-order valence-corrected chi connectivity index (χ1v) is 5.87. The summed E-state index contributed by atoms with van der Waals surface area (Å²) in [5.74, 6) is -2.44. The molecule has 0 bridgehead atoms. The fourth-order valence-electron chi connectivity index (χ4n) is 1.68. The third-order valence-electron chi connectivity index (χ3n) is 2.55. The SMILES string of the molecule is COc1cc(C(CN)C(=O)O)c(F)cc1OC(C)C. The summed E-state index contributed by atoms with van der Waals surface area (Å²) in [4.78, 5) is 11.0. The monoisotopic (exact) mass is 271 g/mol. The molecule has 0 fully saturated rings. The number of carbonyl (C=O) groups is 1. The van der Waals surface area contributed by atoms with Gasteiger partial charge in [-0.25, -0.2) is 4.39 Å². The van der Waals surface area contributed by atoms with Gasteiger partial charge in [0, 0.05) is 18.2 Å². The minimum atomic E-state index is -1.18. The first kappa shape index (κ1) is 15.2. The number of carboxylic acids is 1. The van der Waals surface area contributed by atoms with Crippen LogP contribution in [0.4, 0.5) is 4.39 Å². The number of benzene rings is 1. The Morgan fingerprint density at radius 2 is 2.05 bits per heavy atom. The molecular weight excluding hydrogens is 253 g/mol. The van der Waals surface area contributed by atoms with Crippen LogP contribution in [-0.2, 0) is 4.79 Å². The van der Waals surface area contributed by atoms with Gasteiger partial charge in [-0.1, -0.05) is 0 Å². The maximum Gasteiger partial charge on any atom is 0.312 e. The van der Waals surface area contributed by atoms with Crippen molar-refractivity contribution in [3.8, 4) is 11.5 Å². The number of hydrogen-bond donors (Lipinski definition) is 2. The normalized spacial score (nSPS) is 12.3. The highest BCUT2D eigenvalue weighted by Gasteiger charge is 2.24. The zero-order valence-corrected chi connectivity index (χ0v) is 11.1. The van der Waals surface area contributed by atoms with Crippen molar-refractivity contribution in [1.29, 1.82) is 0 Å². The number of hydrogen-bond acceptors (Lipinski definition) is 4. The Bertz CT molecular complexity index is 462. The highest BCUT2D eigenvalue weighted by atomic mass is 19.1. The molecule has 0 saturated heterocycles. The van der Waals surface area contributed by atoms with Gasteiger partial charge in [-0.2, -0.15) is 0 Å². The molecule has 0 aliphatic heterocycles. The molecule has 6 heteroatoms. The number of carboxylic acid groups (broad SMARTS) is 1. The second-order valence-electron chi connectivity index (χ2n) is 4.32. The maximum atomic E-state index is 14.0. The van der Waals surface area contributed by atoms with E-state index in [1.807, 2.05) is 0 Å². The minimum Gasteiger partial charge on any atom is -0.493 e.